The van der Waals surface area contributed by atoms with Crippen molar-refractivity contribution in [3.05, 3.63) is 12.2 Å². The Morgan fingerprint density at radius 2 is 1.27 bits per heavy atom. The van der Waals surface area contributed by atoms with E-state index in [0.29, 0.717) is 6.54 Å². The first-order valence-electron chi connectivity index (χ1n) is 7.26. The van der Waals surface area contributed by atoms with Crippen molar-refractivity contribution < 1.29 is 0 Å². The van der Waals surface area contributed by atoms with Gasteiger partial charge in [-0.1, -0.05) is 26.0 Å². The number of hydrogen-bond donors (Lipinski definition) is 4. The second-order valence-electron chi connectivity index (χ2n) is 4.79. The maximum atomic E-state index is 6.45. The molecule has 0 saturated heterocycles. The van der Waals surface area contributed by atoms with Crippen LogP contribution in [0.4, 0.5) is 0 Å². The van der Waals surface area contributed by atoms with Gasteiger partial charge in [0.1, 0.15) is 0 Å². The van der Waals surface area contributed by atoms with E-state index in [1.165, 1.54) is 0 Å². The standard InChI is InChI=1S/C14H32N4.4ClH/c1-3-17-12-6-9-14(16,8-5-11-15)10-7-13-18-4-2;;;;/h5,8,17-18H,3-4,6-7,9-13,15-16H2,1-2H3;4*1H/b8-5+;;;;. The molecule has 0 atom stereocenters. The number of nitrogens with two attached hydrogens (primary N) is 2. The summed E-state index contributed by atoms with van der Waals surface area (Å²) in [6, 6.07) is 0. The molecule has 0 unspecified atom stereocenters. The summed E-state index contributed by atoms with van der Waals surface area (Å²) in [4.78, 5) is 0. The first-order valence-corrected chi connectivity index (χ1v) is 7.26. The Hall–Kier alpha value is 0.740. The van der Waals surface area contributed by atoms with Crippen LogP contribution in [-0.2, 0) is 0 Å². The molecular weight excluding hydrogens is 366 g/mol. The zero-order valence-corrected chi connectivity index (χ0v) is 17.1. The molecule has 0 aromatic carbocycles. The minimum absolute atomic E-state index is 0. The summed E-state index contributed by atoms with van der Waals surface area (Å²) in [5.41, 5.74) is 11.8. The lowest BCUT2D eigenvalue weighted by Crippen LogP contribution is -2.39. The van der Waals surface area contributed by atoms with Gasteiger partial charge in [0.25, 0.3) is 0 Å². The SMILES string of the molecule is CCNCCCC(N)(/C=C/CN)CCCNCC.Cl.Cl.Cl.Cl. The van der Waals surface area contributed by atoms with Crippen LogP contribution in [0.15, 0.2) is 12.2 Å². The van der Waals surface area contributed by atoms with E-state index in [-0.39, 0.29) is 55.2 Å². The zero-order valence-electron chi connectivity index (χ0n) is 13.8. The van der Waals surface area contributed by atoms with Gasteiger partial charge in [-0.3, -0.25) is 0 Å². The highest BCUT2D eigenvalue weighted by molar-refractivity contribution is 5.86. The molecule has 0 rings (SSSR count). The normalized spacial score (nSPS) is 10.2. The van der Waals surface area contributed by atoms with Crippen LogP contribution in [0.1, 0.15) is 39.5 Å². The lowest BCUT2D eigenvalue weighted by atomic mass is 9.88. The molecule has 0 saturated carbocycles. The third-order valence-corrected chi connectivity index (χ3v) is 3.08. The maximum absolute atomic E-state index is 6.45. The molecule has 140 valence electrons. The van der Waals surface area contributed by atoms with Crippen LogP contribution in [0.5, 0.6) is 0 Å². The van der Waals surface area contributed by atoms with E-state index in [1.807, 2.05) is 6.08 Å². The molecule has 4 nitrogen and oxygen atoms in total. The number of nitrogens with one attached hydrogen (secondary N) is 2. The summed E-state index contributed by atoms with van der Waals surface area (Å²) in [5.74, 6) is 0. The molecule has 0 aliphatic rings. The summed E-state index contributed by atoms with van der Waals surface area (Å²) >= 11 is 0. The Kier molecular flexibility index (Phi) is 37.3. The molecule has 0 heterocycles. The molecule has 0 bridgehead atoms. The topological polar surface area (TPSA) is 76.1 Å². The van der Waals surface area contributed by atoms with Crippen LogP contribution in [0, 0.1) is 0 Å². The van der Waals surface area contributed by atoms with Crippen LogP contribution in [-0.4, -0.2) is 38.3 Å². The lowest BCUT2D eigenvalue weighted by Gasteiger charge is -2.26. The molecule has 0 aromatic rings. The molecule has 0 radical (unpaired) electrons. The van der Waals surface area contributed by atoms with Gasteiger partial charge in [-0.25, -0.2) is 0 Å². The maximum Gasteiger partial charge on any atom is 0.0340 e. The molecule has 0 aliphatic carbocycles. The number of rotatable bonds is 12. The molecule has 6 N–H and O–H groups in total. The van der Waals surface area contributed by atoms with Crippen molar-refractivity contribution in [3.8, 4) is 0 Å². The molecular formula is C14H36Cl4N4. The van der Waals surface area contributed by atoms with E-state index in [4.69, 9.17) is 11.5 Å². The fourth-order valence-electron chi connectivity index (χ4n) is 2.03. The Labute approximate surface area is 161 Å². The second kappa shape index (κ2) is 24.0. The lowest BCUT2D eigenvalue weighted by molar-refractivity contribution is 0.413. The van der Waals surface area contributed by atoms with Gasteiger partial charge in [-0.2, -0.15) is 0 Å². The van der Waals surface area contributed by atoms with Crippen LogP contribution in [0.2, 0.25) is 0 Å². The molecule has 22 heavy (non-hydrogen) atoms. The van der Waals surface area contributed by atoms with Gasteiger partial charge >= 0.3 is 0 Å². The van der Waals surface area contributed by atoms with Gasteiger partial charge in [0.05, 0.1) is 0 Å². The molecule has 0 spiro atoms. The quantitative estimate of drug-likeness (QED) is 0.299. The predicted molar refractivity (Wildman–Crippen MR) is 110 cm³/mol. The van der Waals surface area contributed by atoms with Gasteiger partial charge in [-0.15, -0.1) is 49.6 Å². The van der Waals surface area contributed by atoms with E-state index in [9.17, 15) is 0 Å². The third-order valence-electron chi connectivity index (χ3n) is 3.08. The van der Waals surface area contributed by atoms with Crippen molar-refractivity contribution in [2.75, 3.05) is 32.7 Å². The van der Waals surface area contributed by atoms with Crippen LogP contribution >= 0.6 is 49.6 Å². The molecule has 0 fully saturated rings. The second-order valence-corrected chi connectivity index (χ2v) is 4.79. The summed E-state index contributed by atoms with van der Waals surface area (Å²) in [5, 5.41) is 6.67. The van der Waals surface area contributed by atoms with Gasteiger partial charge in [0, 0.05) is 12.1 Å². The van der Waals surface area contributed by atoms with Crippen molar-refractivity contribution in [3.63, 3.8) is 0 Å². The van der Waals surface area contributed by atoms with Gasteiger partial charge < -0.3 is 22.1 Å². The van der Waals surface area contributed by atoms with Crippen molar-refractivity contribution in [2.45, 2.75) is 45.1 Å². The van der Waals surface area contributed by atoms with Crippen LogP contribution in [0.25, 0.3) is 0 Å². The summed E-state index contributed by atoms with van der Waals surface area (Å²) < 4.78 is 0. The van der Waals surface area contributed by atoms with Crippen molar-refractivity contribution >= 4 is 49.6 Å². The van der Waals surface area contributed by atoms with Crippen molar-refractivity contribution in [2.24, 2.45) is 11.5 Å². The van der Waals surface area contributed by atoms with Crippen LogP contribution in [0.3, 0.4) is 0 Å². The average Bonchev–Trinajstić information content (AvgIpc) is 2.38. The van der Waals surface area contributed by atoms with Gasteiger partial charge in [-0.05, 0) is 51.9 Å². The Balaban J connectivity index is -0.000000241. The highest BCUT2D eigenvalue weighted by atomic mass is 35.5. The van der Waals surface area contributed by atoms with E-state index in [1.54, 1.807) is 0 Å². The van der Waals surface area contributed by atoms with Crippen molar-refractivity contribution in [1.29, 1.82) is 0 Å². The van der Waals surface area contributed by atoms with E-state index in [0.717, 1.165) is 51.9 Å². The Bertz CT molecular complexity index is 207. The van der Waals surface area contributed by atoms with E-state index < -0.39 is 0 Å². The van der Waals surface area contributed by atoms with E-state index >= 15 is 0 Å². The van der Waals surface area contributed by atoms with Gasteiger partial charge in [0.2, 0.25) is 0 Å². The van der Waals surface area contributed by atoms with Gasteiger partial charge in [0.15, 0.2) is 0 Å². The first-order chi connectivity index (χ1) is 8.68. The van der Waals surface area contributed by atoms with Crippen LogP contribution < -0.4 is 22.1 Å². The van der Waals surface area contributed by atoms with Crippen molar-refractivity contribution in [1.82, 2.24) is 10.6 Å². The fraction of sp³-hybridized carbons (Fsp3) is 0.857. The minimum atomic E-state index is -0.190. The highest BCUT2D eigenvalue weighted by Gasteiger charge is 2.20. The summed E-state index contributed by atoms with van der Waals surface area (Å²) in [7, 11) is 0. The Morgan fingerprint density at radius 3 is 1.59 bits per heavy atom. The minimum Gasteiger partial charge on any atom is -0.327 e. The average molecular weight is 402 g/mol. The zero-order chi connectivity index (χ0) is 13.7. The largest absolute Gasteiger partial charge is 0.327 e. The predicted octanol–water partition coefficient (Wildman–Crippen LogP) is 2.67. The molecule has 8 heteroatoms. The molecule has 0 aliphatic heterocycles. The summed E-state index contributed by atoms with van der Waals surface area (Å²) in [6.07, 6.45) is 8.34. The molecule has 0 amide bonds. The smallest absolute Gasteiger partial charge is 0.0340 e. The third kappa shape index (κ3) is 20.7. The van der Waals surface area contributed by atoms with E-state index in [2.05, 4.69) is 30.6 Å². The fourth-order valence-corrected chi connectivity index (χ4v) is 2.03. The number of halogens is 4. The summed E-state index contributed by atoms with van der Waals surface area (Å²) in [6.45, 7) is 8.95. The Morgan fingerprint density at radius 1 is 0.864 bits per heavy atom. The molecule has 0 aromatic heterocycles. The highest BCUT2D eigenvalue weighted by Crippen LogP contribution is 2.18. The number of hydrogen-bond acceptors (Lipinski definition) is 4. The first kappa shape index (κ1) is 34.2. The monoisotopic (exact) mass is 400 g/mol.